The van der Waals surface area contributed by atoms with Crippen molar-refractivity contribution in [2.45, 2.75) is 39.5 Å². The lowest BCUT2D eigenvalue weighted by atomic mass is 9.97. The van der Waals surface area contributed by atoms with E-state index in [-0.39, 0.29) is 17.8 Å². The predicted octanol–water partition coefficient (Wildman–Crippen LogP) is 2.08. The molecule has 0 aliphatic carbocycles. The van der Waals surface area contributed by atoms with Crippen molar-refractivity contribution in [3.63, 3.8) is 0 Å². The maximum atomic E-state index is 11.2. The van der Waals surface area contributed by atoms with Gasteiger partial charge in [0.05, 0.1) is 18.7 Å². The van der Waals surface area contributed by atoms with Crippen molar-refractivity contribution in [1.29, 1.82) is 0 Å². The molecule has 0 aliphatic rings. The molecule has 0 saturated carbocycles. The Kier molecular flexibility index (Phi) is 3.50. The second-order valence-electron chi connectivity index (χ2n) is 4.38. The van der Waals surface area contributed by atoms with Crippen molar-refractivity contribution in [2.75, 3.05) is 6.61 Å². The van der Waals surface area contributed by atoms with Crippen molar-refractivity contribution >= 4 is 5.97 Å². The Morgan fingerprint density at radius 3 is 2.67 bits per heavy atom. The molecule has 0 spiro atoms. The molecule has 0 aromatic carbocycles. The molecule has 15 heavy (non-hydrogen) atoms. The number of carbonyl (C=O) groups is 1. The van der Waals surface area contributed by atoms with Crippen LogP contribution in [-0.2, 0) is 21.4 Å². The van der Waals surface area contributed by atoms with Gasteiger partial charge in [0.2, 0.25) is 0 Å². The second kappa shape index (κ2) is 4.47. The summed E-state index contributed by atoms with van der Waals surface area (Å²) < 4.78 is 10.1. The first-order valence-corrected chi connectivity index (χ1v) is 5.04. The zero-order valence-corrected chi connectivity index (χ0v) is 9.66. The first-order valence-electron chi connectivity index (χ1n) is 5.04. The van der Waals surface area contributed by atoms with Crippen LogP contribution in [0.3, 0.4) is 0 Å². The fraction of sp³-hybridized carbons (Fsp3) is 0.636. The zero-order valence-electron chi connectivity index (χ0n) is 9.66. The number of rotatable bonds is 3. The topological polar surface area (TPSA) is 52.3 Å². The van der Waals surface area contributed by atoms with Gasteiger partial charge in [-0.05, 0) is 6.92 Å². The Hall–Kier alpha value is -1.32. The summed E-state index contributed by atoms with van der Waals surface area (Å²) in [4.78, 5) is 15.4. The van der Waals surface area contributed by atoms with Gasteiger partial charge in [-0.1, -0.05) is 20.8 Å². The quantitative estimate of drug-likeness (QED) is 0.718. The lowest BCUT2D eigenvalue weighted by Crippen LogP contribution is -2.12. The van der Waals surface area contributed by atoms with E-state index in [1.807, 2.05) is 20.8 Å². The Balaban J connectivity index is 2.65. The predicted molar refractivity (Wildman–Crippen MR) is 55.5 cm³/mol. The lowest BCUT2D eigenvalue weighted by molar-refractivity contribution is -0.142. The Morgan fingerprint density at radius 2 is 2.20 bits per heavy atom. The third-order valence-corrected chi connectivity index (χ3v) is 1.82. The van der Waals surface area contributed by atoms with E-state index >= 15 is 0 Å². The number of aromatic nitrogens is 1. The van der Waals surface area contributed by atoms with Gasteiger partial charge in [0.25, 0.3) is 0 Å². The van der Waals surface area contributed by atoms with Crippen molar-refractivity contribution in [3.8, 4) is 0 Å². The van der Waals surface area contributed by atoms with E-state index in [2.05, 4.69) is 4.98 Å². The van der Waals surface area contributed by atoms with Gasteiger partial charge in [-0.25, -0.2) is 4.98 Å². The summed E-state index contributed by atoms with van der Waals surface area (Å²) in [5.41, 5.74) is 0.491. The van der Waals surface area contributed by atoms with Crippen molar-refractivity contribution in [1.82, 2.24) is 4.98 Å². The van der Waals surface area contributed by atoms with E-state index < -0.39 is 0 Å². The summed E-state index contributed by atoms with van der Waals surface area (Å²) in [5, 5.41) is 0. The standard InChI is InChI=1S/C11H17NO3/c1-5-14-9(13)6-8-7-15-10(12-8)11(2,3)4/h7H,5-6H2,1-4H3. The molecular formula is C11H17NO3. The van der Waals surface area contributed by atoms with Gasteiger partial charge >= 0.3 is 5.97 Å². The molecule has 0 fully saturated rings. The molecule has 0 unspecified atom stereocenters. The van der Waals surface area contributed by atoms with Gasteiger partial charge < -0.3 is 9.15 Å². The average molecular weight is 211 g/mol. The molecule has 1 rings (SSSR count). The molecule has 0 bridgehead atoms. The average Bonchev–Trinajstić information content (AvgIpc) is 2.52. The summed E-state index contributed by atoms with van der Waals surface area (Å²) in [6.45, 7) is 8.19. The van der Waals surface area contributed by atoms with Crippen molar-refractivity contribution in [3.05, 3.63) is 17.8 Å². The molecule has 0 saturated heterocycles. The van der Waals surface area contributed by atoms with E-state index in [4.69, 9.17) is 9.15 Å². The summed E-state index contributed by atoms with van der Waals surface area (Å²) in [5.74, 6) is 0.369. The molecule has 4 heteroatoms. The summed E-state index contributed by atoms with van der Waals surface area (Å²) in [6, 6.07) is 0. The smallest absolute Gasteiger partial charge is 0.311 e. The van der Waals surface area contributed by atoms with Crippen molar-refractivity contribution < 1.29 is 13.9 Å². The Morgan fingerprint density at radius 1 is 1.53 bits per heavy atom. The highest BCUT2D eigenvalue weighted by Crippen LogP contribution is 2.21. The molecule has 0 N–H and O–H groups in total. The maximum absolute atomic E-state index is 11.2. The van der Waals surface area contributed by atoms with Crippen LogP contribution < -0.4 is 0 Å². The molecule has 0 atom stereocenters. The number of hydrogen-bond acceptors (Lipinski definition) is 4. The normalized spacial score (nSPS) is 11.5. The molecule has 1 aromatic heterocycles. The van der Waals surface area contributed by atoms with Gasteiger partial charge in [-0.2, -0.15) is 0 Å². The number of carbonyl (C=O) groups excluding carboxylic acids is 1. The van der Waals surface area contributed by atoms with E-state index in [9.17, 15) is 4.79 Å². The van der Waals surface area contributed by atoms with E-state index in [1.165, 1.54) is 6.26 Å². The Labute approximate surface area is 89.6 Å². The van der Waals surface area contributed by atoms with Gasteiger partial charge in [-0.15, -0.1) is 0 Å². The molecule has 4 nitrogen and oxygen atoms in total. The number of esters is 1. The largest absolute Gasteiger partial charge is 0.466 e. The second-order valence-corrected chi connectivity index (χ2v) is 4.38. The number of oxazole rings is 1. The van der Waals surface area contributed by atoms with E-state index in [0.717, 1.165) is 0 Å². The van der Waals surface area contributed by atoms with Crippen LogP contribution in [0.2, 0.25) is 0 Å². The monoisotopic (exact) mass is 211 g/mol. The minimum absolute atomic E-state index is 0.132. The van der Waals surface area contributed by atoms with Crippen LogP contribution in [0.1, 0.15) is 39.3 Å². The lowest BCUT2D eigenvalue weighted by Gasteiger charge is -2.11. The van der Waals surface area contributed by atoms with Crippen LogP contribution in [0.4, 0.5) is 0 Å². The molecule has 0 aliphatic heterocycles. The molecule has 1 aromatic rings. The Bertz CT molecular complexity index is 336. The van der Waals surface area contributed by atoms with Gasteiger partial charge in [0, 0.05) is 5.41 Å². The van der Waals surface area contributed by atoms with Crippen LogP contribution >= 0.6 is 0 Å². The van der Waals surface area contributed by atoms with Crippen LogP contribution in [0, 0.1) is 0 Å². The highest BCUT2D eigenvalue weighted by atomic mass is 16.5. The molecule has 0 amide bonds. The van der Waals surface area contributed by atoms with Crippen LogP contribution in [0.15, 0.2) is 10.7 Å². The van der Waals surface area contributed by atoms with Crippen LogP contribution in [-0.4, -0.2) is 17.6 Å². The SMILES string of the molecule is CCOC(=O)Cc1coc(C(C)(C)C)n1. The van der Waals surface area contributed by atoms with Crippen molar-refractivity contribution in [2.24, 2.45) is 0 Å². The molecule has 1 heterocycles. The third kappa shape index (κ3) is 3.38. The van der Waals surface area contributed by atoms with E-state index in [0.29, 0.717) is 18.2 Å². The van der Waals surface area contributed by atoms with Gasteiger partial charge in [0.15, 0.2) is 5.89 Å². The molecular weight excluding hydrogens is 194 g/mol. The molecule has 84 valence electrons. The van der Waals surface area contributed by atoms with E-state index in [1.54, 1.807) is 6.92 Å². The highest BCUT2D eigenvalue weighted by Gasteiger charge is 2.20. The fourth-order valence-corrected chi connectivity index (χ4v) is 1.09. The minimum atomic E-state index is -0.272. The zero-order chi connectivity index (χ0) is 11.5. The fourth-order valence-electron chi connectivity index (χ4n) is 1.09. The molecule has 0 radical (unpaired) electrons. The summed E-state index contributed by atoms with van der Waals surface area (Å²) in [6.07, 6.45) is 1.69. The van der Waals surface area contributed by atoms with Gasteiger partial charge in [0.1, 0.15) is 6.26 Å². The number of ether oxygens (including phenoxy) is 1. The maximum Gasteiger partial charge on any atom is 0.311 e. The minimum Gasteiger partial charge on any atom is -0.466 e. The first-order chi connectivity index (χ1) is 6.93. The number of nitrogens with zero attached hydrogens (tertiary/aromatic N) is 1. The summed E-state index contributed by atoms with van der Waals surface area (Å²) in [7, 11) is 0. The van der Waals surface area contributed by atoms with Crippen LogP contribution in [0.5, 0.6) is 0 Å². The third-order valence-electron chi connectivity index (χ3n) is 1.82. The van der Waals surface area contributed by atoms with Crippen LogP contribution in [0.25, 0.3) is 0 Å². The first kappa shape index (κ1) is 11.8. The van der Waals surface area contributed by atoms with Gasteiger partial charge in [-0.3, -0.25) is 4.79 Å². The summed E-state index contributed by atoms with van der Waals surface area (Å²) >= 11 is 0. The number of hydrogen-bond donors (Lipinski definition) is 0. The highest BCUT2D eigenvalue weighted by molar-refractivity contribution is 5.71.